The molecule has 3 rings (SSSR count). The van der Waals surface area contributed by atoms with E-state index >= 15 is 0 Å². The fourth-order valence-corrected chi connectivity index (χ4v) is 2.94. The molecule has 0 spiro atoms. The number of sulfone groups is 1. The number of benzene rings is 1. The Kier molecular flexibility index (Phi) is 4.67. The summed E-state index contributed by atoms with van der Waals surface area (Å²) in [6.45, 7) is 0. The van der Waals surface area contributed by atoms with Gasteiger partial charge in [-0.3, -0.25) is 4.79 Å². The third-order valence-corrected chi connectivity index (χ3v) is 4.07. The average molecular weight is 373 g/mol. The van der Waals surface area contributed by atoms with Gasteiger partial charge in [-0.25, -0.2) is 18.4 Å². The van der Waals surface area contributed by atoms with Crippen LogP contribution in [0.15, 0.2) is 47.1 Å². The number of nitrogens with one attached hydrogen (secondary N) is 1. The first-order valence-electron chi connectivity index (χ1n) is 7.44. The van der Waals surface area contributed by atoms with Gasteiger partial charge < -0.3 is 15.6 Å². The predicted molar refractivity (Wildman–Crippen MR) is 94.9 cm³/mol. The summed E-state index contributed by atoms with van der Waals surface area (Å²) in [5.41, 5.74) is 7.12. The van der Waals surface area contributed by atoms with Crippen molar-refractivity contribution < 1.29 is 17.7 Å². The Bertz CT molecular complexity index is 1050. The van der Waals surface area contributed by atoms with E-state index in [9.17, 15) is 13.2 Å². The molecule has 134 valence electrons. The lowest BCUT2D eigenvalue weighted by Gasteiger charge is -2.08. The Hall–Kier alpha value is -3.27. The molecule has 3 N–H and O–H groups in total. The van der Waals surface area contributed by atoms with E-state index in [1.807, 2.05) is 0 Å². The lowest BCUT2D eigenvalue weighted by atomic mass is 10.2. The molecule has 9 nitrogen and oxygen atoms in total. The summed E-state index contributed by atoms with van der Waals surface area (Å²) < 4.78 is 27.8. The topological polar surface area (TPSA) is 141 Å². The molecule has 0 aliphatic carbocycles. The van der Waals surface area contributed by atoms with Crippen LogP contribution in [0, 0.1) is 0 Å². The Balaban J connectivity index is 1.89. The third kappa shape index (κ3) is 4.42. The first-order chi connectivity index (χ1) is 12.3. The van der Waals surface area contributed by atoms with E-state index in [0.717, 1.165) is 6.26 Å². The van der Waals surface area contributed by atoms with Crippen LogP contribution >= 0.6 is 0 Å². The number of hydrogen-bond acceptors (Lipinski definition) is 8. The minimum atomic E-state index is -3.26. The molecule has 0 aliphatic rings. The molecule has 10 heteroatoms. The maximum absolute atomic E-state index is 12.0. The van der Waals surface area contributed by atoms with Crippen molar-refractivity contribution >= 4 is 27.2 Å². The number of carbonyl (C=O) groups is 1. The van der Waals surface area contributed by atoms with E-state index in [-0.39, 0.29) is 23.2 Å². The summed E-state index contributed by atoms with van der Waals surface area (Å²) in [5.74, 6) is -0.199. The Morgan fingerprint density at radius 3 is 2.73 bits per heavy atom. The molecule has 1 aromatic carbocycles. The normalized spacial score (nSPS) is 11.3. The highest BCUT2D eigenvalue weighted by Gasteiger charge is 2.13. The van der Waals surface area contributed by atoms with E-state index in [0.29, 0.717) is 16.9 Å². The first-order valence-corrected chi connectivity index (χ1v) is 9.50. The summed E-state index contributed by atoms with van der Waals surface area (Å²) >= 11 is 0. The van der Waals surface area contributed by atoms with Gasteiger partial charge >= 0.3 is 0 Å². The highest BCUT2D eigenvalue weighted by molar-refractivity contribution is 7.89. The van der Waals surface area contributed by atoms with Gasteiger partial charge in [-0.15, -0.1) is 0 Å². The van der Waals surface area contributed by atoms with Gasteiger partial charge in [0.15, 0.2) is 15.7 Å². The van der Waals surface area contributed by atoms with Crippen LogP contribution in [-0.2, 0) is 15.6 Å². The second-order valence-corrected chi connectivity index (χ2v) is 7.73. The molecule has 0 saturated carbocycles. The molecule has 1 amide bonds. The standard InChI is InChI=1S/C16H15N5O4S/c1-26(23,24)9-12-8-14(17)21-15(19-12)10-3-2-4-11(7-10)20-16(22)13-5-6-18-25-13/h2-8H,9H2,1H3,(H,20,22)(H2,17,19,21). The molecule has 26 heavy (non-hydrogen) atoms. The van der Waals surface area contributed by atoms with Crippen LogP contribution < -0.4 is 11.1 Å². The van der Waals surface area contributed by atoms with E-state index in [4.69, 9.17) is 10.3 Å². The summed E-state index contributed by atoms with van der Waals surface area (Å²) in [6, 6.07) is 9.61. The van der Waals surface area contributed by atoms with Crippen LogP contribution in [0.2, 0.25) is 0 Å². The van der Waals surface area contributed by atoms with Gasteiger partial charge in [0.05, 0.1) is 17.6 Å². The Labute approximate surface area is 149 Å². The van der Waals surface area contributed by atoms with Gasteiger partial charge in [0.2, 0.25) is 5.76 Å². The molecule has 0 atom stereocenters. The van der Waals surface area contributed by atoms with Crippen LogP contribution in [0.1, 0.15) is 16.2 Å². The van der Waals surface area contributed by atoms with Gasteiger partial charge in [-0.2, -0.15) is 0 Å². The van der Waals surface area contributed by atoms with Crippen LogP contribution in [0.4, 0.5) is 11.5 Å². The second-order valence-electron chi connectivity index (χ2n) is 5.59. The smallest absolute Gasteiger partial charge is 0.294 e. The molecule has 2 heterocycles. The summed E-state index contributed by atoms with van der Waals surface area (Å²) in [5, 5.41) is 6.15. The van der Waals surface area contributed by atoms with Gasteiger partial charge in [-0.05, 0) is 12.1 Å². The molecular weight excluding hydrogens is 358 g/mol. The summed E-state index contributed by atoms with van der Waals surface area (Å²) in [7, 11) is -3.26. The molecule has 0 bridgehead atoms. The third-order valence-electron chi connectivity index (χ3n) is 3.25. The quantitative estimate of drug-likeness (QED) is 0.685. The largest absolute Gasteiger partial charge is 0.384 e. The number of carbonyl (C=O) groups excluding carboxylic acids is 1. The van der Waals surface area contributed by atoms with Crippen molar-refractivity contribution in [2.45, 2.75) is 5.75 Å². The number of nitrogen functional groups attached to an aromatic ring is 1. The monoisotopic (exact) mass is 373 g/mol. The van der Waals surface area contributed by atoms with Crippen LogP contribution in [0.25, 0.3) is 11.4 Å². The van der Waals surface area contributed by atoms with Gasteiger partial charge in [-0.1, -0.05) is 17.3 Å². The Morgan fingerprint density at radius 2 is 2.04 bits per heavy atom. The number of amides is 1. The fourth-order valence-electron chi connectivity index (χ4n) is 2.25. The van der Waals surface area contributed by atoms with Crippen molar-refractivity contribution in [2.75, 3.05) is 17.3 Å². The lowest BCUT2D eigenvalue weighted by Crippen LogP contribution is -2.11. The first kappa shape index (κ1) is 17.5. The van der Waals surface area contributed by atoms with Crippen molar-refractivity contribution in [2.24, 2.45) is 0 Å². The molecule has 0 unspecified atom stereocenters. The number of nitrogens with two attached hydrogens (primary N) is 1. The van der Waals surface area contributed by atoms with Gasteiger partial charge in [0.25, 0.3) is 5.91 Å². The van der Waals surface area contributed by atoms with Crippen molar-refractivity contribution in [1.29, 1.82) is 0 Å². The van der Waals surface area contributed by atoms with E-state index in [1.165, 1.54) is 18.3 Å². The number of hydrogen-bond donors (Lipinski definition) is 2. The molecule has 0 aliphatic heterocycles. The van der Waals surface area contributed by atoms with Crippen LogP contribution in [0.3, 0.4) is 0 Å². The predicted octanol–water partition coefficient (Wildman–Crippen LogP) is 1.51. The summed E-state index contributed by atoms with van der Waals surface area (Å²) in [4.78, 5) is 20.4. The minimum absolute atomic E-state index is 0.0750. The Morgan fingerprint density at radius 1 is 1.23 bits per heavy atom. The highest BCUT2D eigenvalue weighted by atomic mass is 32.2. The maximum atomic E-state index is 12.0. The molecular formula is C16H15N5O4S. The van der Waals surface area contributed by atoms with Crippen LogP contribution in [-0.4, -0.2) is 35.7 Å². The van der Waals surface area contributed by atoms with E-state index in [2.05, 4.69) is 20.4 Å². The fraction of sp³-hybridized carbons (Fsp3) is 0.125. The molecule has 0 saturated heterocycles. The average Bonchev–Trinajstić information content (AvgIpc) is 3.07. The van der Waals surface area contributed by atoms with Gasteiger partial charge in [0.1, 0.15) is 5.82 Å². The van der Waals surface area contributed by atoms with Crippen molar-refractivity contribution in [3.63, 3.8) is 0 Å². The van der Waals surface area contributed by atoms with E-state index < -0.39 is 15.7 Å². The van der Waals surface area contributed by atoms with Crippen molar-refractivity contribution in [1.82, 2.24) is 15.1 Å². The SMILES string of the molecule is CS(=O)(=O)Cc1cc(N)nc(-c2cccc(NC(=O)c3ccno3)c2)n1. The van der Waals surface area contributed by atoms with Crippen LogP contribution in [0.5, 0.6) is 0 Å². The molecule has 3 aromatic rings. The molecule has 2 aromatic heterocycles. The van der Waals surface area contributed by atoms with E-state index in [1.54, 1.807) is 24.3 Å². The number of aromatic nitrogens is 3. The number of anilines is 2. The lowest BCUT2D eigenvalue weighted by molar-refractivity contribution is 0.0988. The zero-order valence-corrected chi connectivity index (χ0v) is 14.5. The maximum Gasteiger partial charge on any atom is 0.294 e. The van der Waals surface area contributed by atoms with Gasteiger partial charge in [0, 0.05) is 29.6 Å². The minimum Gasteiger partial charge on any atom is -0.384 e. The number of nitrogens with zero attached hydrogens (tertiary/aromatic N) is 3. The zero-order chi connectivity index (χ0) is 18.7. The summed E-state index contributed by atoms with van der Waals surface area (Å²) in [6.07, 6.45) is 2.49. The van der Waals surface area contributed by atoms with Crippen molar-refractivity contribution in [3.8, 4) is 11.4 Å². The molecule has 0 fully saturated rings. The molecule has 0 radical (unpaired) electrons. The van der Waals surface area contributed by atoms with Crippen molar-refractivity contribution in [3.05, 3.63) is 54.0 Å². The number of rotatable bonds is 5. The second kappa shape index (κ2) is 6.92. The zero-order valence-electron chi connectivity index (χ0n) is 13.7. The highest BCUT2D eigenvalue weighted by Crippen LogP contribution is 2.22.